The molecule has 1 aliphatic rings. The Hall–Kier alpha value is -3.05. The number of nitrogens with one attached hydrogen (secondary N) is 1. The van der Waals surface area contributed by atoms with Crippen LogP contribution in [-0.4, -0.2) is 25.6 Å². The standard InChI is InChI=1S/C23H23NO3.H2O/c1-26-18-10-9-15-13-17(8-7-16(15)14-18)23(25)24-21-11-12-22(27-2)20-6-4-3-5-19(20)21;/h7-14H,3-6H2,1-2H3,(H,24,25);1H2. The van der Waals surface area contributed by atoms with E-state index in [9.17, 15) is 4.79 Å². The van der Waals surface area contributed by atoms with Crippen molar-refractivity contribution in [1.82, 2.24) is 0 Å². The zero-order chi connectivity index (χ0) is 18.8. The molecule has 0 saturated heterocycles. The van der Waals surface area contributed by atoms with Crippen molar-refractivity contribution < 1.29 is 19.7 Å². The SMILES string of the molecule is COc1ccc2cc(C(=O)Nc3ccc(OC)c4c3CCCC4)ccc2c1.O. The fourth-order valence-electron chi connectivity index (χ4n) is 3.83. The topological polar surface area (TPSA) is 79.1 Å². The van der Waals surface area contributed by atoms with Crippen molar-refractivity contribution in [3.8, 4) is 11.5 Å². The summed E-state index contributed by atoms with van der Waals surface area (Å²) in [5.74, 6) is 1.64. The van der Waals surface area contributed by atoms with E-state index in [1.165, 1.54) is 11.1 Å². The molecule has 3 aromatic carbocycles. The van der Waals surface area contributed by atoms with Gasteiger partial charge in [0.1, 0.15) is 11.5 Å². The van der Waals surface area contributed by atoms with Gasteiger partial charge in [0, 0.05) is 11.3 Å². The fourth-order valence-corrected chi connectivity index (χ4v) is 3.83. The number of benzene rings is 3. The Balaban J connectivity index is 0.00000225. The maximum Gasteiger partial charge on any atom is 0.255 e. The molecule has 0 spiro atoms. The quantitative estimate of drug-likeness (QED) is 0.739. The molecule has 1 aliphatic carbocycles. The van der Waals surface area contributed by atoms with Gasteiger partial charge in [-0.2, -0.15) is 0 Å². The number of methoxy groups -OCH3 is 2. The molecule has 0 aromatic heterocycles. The smallest absolute Gasteiger partial charge is 0.255 e. The third-order valence-electron chi connectivity index (χ3n) is 5.27. The normalized spacial score (nSPS) is 12.6. The van der Waals surface area contributed by atoms with Crippen molar-refractivity contribution in [1.29, 1.82) is 0 Å². The van der Waals surface area contributed by atoms with Crippen molar-refractivity contribution in [3.05, 3.63) is 65.2 Å². The molecule has 5 heteroatoms. The number of rotatable bonds is 4. The summed E-state index contributed by atoms with van der Waals surface area (Å²) in [6.45, 7) is 0. The lowest BCUT2D eigenvalue weighted by Crippen LogP contribution is -2.16. The predicted molar refractivity (Wildman–Crippen MR) is 112 cm³/mol. The maximum absolute atomic E-state index is 12.9. The van der Waals surface area contributed by atoms with E-state index < -0.39 is 0 Å². The van der Waals surface area contributed by atoms with Gasteiger partial charge in [-0.1, -0.05) is 12.1 Å². The summed E-state index contributed by atoms with van der Waals surface area (Å²) in [4.78, 5) is 12.9. The van der Waals surface area contributed by atoms with Gasteiger partial charge in [0.25, 0.3) is 5.91 Å². The van der Waals surface area contributed by atoms with E-state index in [4.69, 9.17) is 9.47 Å². The van der Waals surface area contributed by atoms with Crippen LogP contribution < -0.4 is 14.8 Å². The zero-order valence-electron chi connectivity index (χ0n) is 16.2. The monoisotopic (exact) mass is 379 g/mol. The van der Waals surface area contributed by atoms with Crippen LogP contribution >= 0.6 is 0 Å². The fraction of sp³-hybridized carbons (Fsp3) is 0.261. The minimum absolute atomic E-state index is 0. The highest BCUT2D eigenvalue weighted by atomic mass is 16.5. The minimum atomic E-state index is -0.0920. The van der Waals surface area contributed by atoms with Crippen LogP contribution in [-0.2, 0) is 12.8 Å². The Labute approximate surface area is 164 Å². The maximum atomic E-state index is 12.9. The van der Waals surface area contributed by atoms with Crippen LogP contribution in [0.3, 0.4) is 0 Å². The van der Waals surface area contributed by atoms with Gasteiger partial charge >= 0.3 is 0 Å². The average Bonchev–Trinajstić information content (AvgIpc) is 2.73. The van der Waals surface area contributed by atoms with Gasteiger partial charge in [0.05, 0.1) is 14.2 Å². The highest BCUT2D eigenvalue weighted by Crippen LogP contribution is 2.35. The summed E-state index contributed by atoms with van der Waals surface area (Å²) in [5.41, 5.74) is 3.98. The first kappa shape index (κ1) is 19.7. The third kappa shape index (κ3) is 3.66. The highest BCUT2D eigenvalue weighted by Gasteiger charge is 2.19. The van der Waals surface area contributed by atoms with Crippen molar-refractivity contribution in [2.75, 3.05) is 19.5 Å². The molecule has 5 nitrogen and oxygen atoms in total. The Morgan fingerprint density at radius 1 is 0.857 bits per heavy atom. The Morgan fingerprint density at radius 2 is 1.57 bits per heavy atom. The molecule has 0 heterocycles. The molecule has 4 rings (SSSR count). The molecule has 3 aromatic rings. The van der Waals surface area contributed by atoms with Crippen molar-refractivity contribution in [2.45, 2.75) is 25.7 Å². The molecule has 146 valence electrons. The first-order valence-corrected chi connectivity index (χ1v) is 9.27. The van der Waals surface area contributed by atoms with Gasteiger partial charge in [0.2, 0.25) is 0 Å². The summed E-state index contributed by atoms with van der Waals surface area (Å²) in [6.07, 6.45) is 4.27. The Bertz CT molecular complexity index is 1010. The largest absolute Gasteiger partial charge is 0.497 e. The number of carbonyl (C=O) groups excluding carboxylic acids is 1. The van der Waals surface area contributed by atoms with Gasteiger partial charge in [-0.15, -0.1) is 0 Å². The lowest BCUT2D eigenvalue weighted by atomic mass is 9.89. The summed E-state index contributed by atoms with van der Waals surface area (Å²) >= 11 is 0. The third-order valence-corrected chi connectivity index (χ3v) is 5.27. The van der Waals surface area contributed by atoms with E-state index in [1.54, 1.807) is 14.2 Å². The molecule has 3 N–H and O–H groups in total. The van der Waals surface area contributed by atoms with Gasteiger partial charge in [-0.05, 0) is 84.0 Å². The van der Waals surface area contributed by atoms with E-state index in [0.717, 1.165) is 53.6 Å². The van der Waals surface area contributed by atoms with Crippen LogP contribution in [0.5, 0.6) is 11.5 Å². The van der Waals surface area contributed by atoms with Gasteiger partial charge in [0.15, 0.2) is 0 Å². The van der Waals surface area contributed by atoms with Crippen LogP contribution in [0.1, 0.15) is 34.3 Å². The lowest BCUT2D eigenvalue weighted by Gasteiger charge is -2.22. The number of amides is 1. The van der Waals surface area contributed by atoms with Crippen molar-refractivity contribution in [2.24, 2.45) is 0 Å². The number of carbonyl (C=O) groups is 1. The summed E-state index contributed by atoms with van der Waals surface area (Å²) in [6, 6.07) is 15.5. The summed E-state index contributed by atoms with van der Waals surface area (Å²) in [7, 11) is 3.35. The molecule has 0 aliphatic heterocycles. The second-order valence-corrected chi connectivity index (χ2v) is 6.86. The second-order valence-electron chi connectivity index (χ2n) is 6.86. The van der Waals surface area contributed by atoms with Crippen molar-refractivity contribution >= 4 is 22.4 Å². The van der Waals surface area contributed by atoms with Crippen LogP contribution in [0.25, 0.3) is 10.8 Å². The number of anilines is 1. The van der Waals surface area contributed by atoms with Gasteiger partial charge in [-0.3, -0.25) is 4.79 Å². The number of ether oxygens (including phenoxy) is 2. The predicted octanol–water partition coefficient (Wildman–Crippen LogP) is 4.16. The number of hydrogen-bond acceptors (Lipinski definition) is 3. The minimum Gasteiger partial charge on any atom is -0.497 e. The first-order chi connectivity index (χ1) is 13.2. The molecule has 0 bridgehead atoms. The van der Waals surface area contributed by atoms with Crippen LogP contribution in [0.4, 0.5) is 5.69 Å². The molecule has 0 radical (unpaired) electrons. The Morgan fingerprint density at radius 3 is 2.32 bits per heavy atom. The average molecular weight is 379 g/mol. The molecule has 0 unspecified atom stereocenters. The Kier molecular flexibility index (Phi) is 5.85. The van der Waals surface area contributed by atoms with E-state index in [0.29, 0.717) is 5.56 Å². The molecule has 0 atom stereocenters. The van der Waals surface area contributed by atoms with Crippen LogP contribution in [0.2, 0.25) is 0 Å². The zero-order valence-corrected chi connectivity index (χ0v) is 16.2. The number of fused-ring (bicyclic) bond motifs is 2. The van der Waals surface area contributed by atoms with Gasteiger partial charge < -0.3 is 20.3 Å². The van der Waals surface area contributed by atoms with E-state index >= 15 is 0 Å². The highest BCUT2D eigenvalue weighted by molar-refractivity contribution is 6.07. The summed E-state index contributed by atoms with van der Waals surface area (Å²) < 4.78 is 10.8. The molecule has 28 heavy (non-hydrogen) atoms. The number of hydrogen-bond donors (Lipinski definition) is 1. The van der Waals surface area contributed by atoms with Crippen LogP contribution in [0, 0.1) is 0 Å². The lowest BCUT2D eigenvalue weighted by molar-refractivity contribution is 0.102. The van der Waals surface area contributed by atoms with E-state index in [1.807, 2.05) is 48.5 Å². The van der Waals surface area contributed by atoms with Gasteiger partial charge in [-0.25, -0.2) is 0 Å². The molecule has 1 amide bonds. The first-order valence-electron chi connectivity index (χ1n) is 9.27. The van der Waals surface area contributed by atoms with Crippen LogP contribution in [0.15, 0.2) is 48.5 Å². The molecule has 0 fully saturated rings. The van der Waals surface area contributed by atoms with Crippen molar-refractivity contribution in [3.63, 3.8) is 0 Å². The second kappa shape index (κ2) is 8.31. The van der Waals surface area contributed by atoms with E-state index in [-0.39, 0.29) is 11.4 Å². The molecular weight excluding hydrogens is 354 g/mol. The molecule has 0 saturated carbocycles. The summed E-state index contributed by atoms with van der Waals surface area (Å²) in [5, 5.41) is 5.17. The molecular formula is C23H25NO4. The van der Waals surface area contributed by atoms with E-state index in [2.05, 4.69) is 5.32 Å².